The maximum atomic E-state index is 13.1. The maximum absolute atomic E-state index is 13.1. The molecule has 68 heavy (non-hydrogen) atoms. The van der Waals surface area contributed by atoms with Crippen molar-refractivity contribution in [3.63, 3.8) is 0 Å². The van der Waals surface area contributed by atoms with E-state index in [1.54, 1.807) is 0 Å². The molecule has 14 heteroatoms. The summed E-state index contributed by atoms with van der Waals surface area (Å²) in [6.45, 7) is 22.3. The third-order valence-electron chi connectivity index (χ3n) is 15.6. The first-order chi connectivity index (χ1) is 32.3. The van der Waals surface area contributed by atoms with Gasteiger partial charge in [0.15, 0.2) is 17.2 Å². The summed E-state index contributed by atoms with van der Waals surface area (Å²) in [4.78, 5) is 13.1. The number of rotatable bonds is 17. The molecule has 0 unspecified atom stereocenters. The lowest BCUT2D eigenvalue weighted by Gasteiger charge is -2.50. The summed E-state index contributed by atoms with van der Waals surface area (Å²) >= 11 is 0. The van der Waals surface area contributed by atoms with Gasteiger partial charge in [0.2, 0.25) is 5.79 Å². The second-order valence-electron chi connectivity index (χ2n) is 21.7. The fourth-order valence-electron chi connectivity index (χ4n) is 11.5. The Hall–Kier alpha value is -2.57. The average molecular weight is 955 g/mol. The van der Waals surface area contributed by atoms with E-state index in [4.69, 9.17) is 43.0 Å². The Labute approximate surface area is 404 Å². The van der Waals surface area contributed by atoms with Crippen LogP contribution < -0.4 is 0 Å². The number of allylic oxidation sites excluding steroid dienone is 2. The van der Waals surface area contributed by atoms with Crippen molar-refractivity contribution in [3.05, 3.63) is 72.4 Å². The Bertz CT molecular complexity index is 1870. The van der Waals surface area contributed by atoms with Crippen molar-refractivity contribution < 1.29 is 68.2 Å². The molecule has 17 atom stereocenters. The van der Waals surface area contributed by atoms with Gasteiger partial charge in [-0.05, 0) is 119 Å². The topological polar surface area (TPSA) is 192 Å². The summed E-state index contributed by atoms with van der Waals surface area (Å²) in [5.74, 6) is -3.35. The predicted molar refractivity (Wildman–Crippen MR) is 255 cm³/mol. The van der Waals surface area contributed by atoms with Gasteiger partial charge in [0, 0.05) is 38.0 Å². The number of ether oxygens (including phenoxy) is 8. The van der Waals surface area contributed by atoms with Gasteiger partial charge in [-0.25, -0.2) is 4.79 Å². The highest BCUT2D eigenvalue weighted by Gasteiger charge is 2.55. The van der Waals surface area contributed by atoms with Crippen molar-refractivity contribution in [2.45, 2.75) is 221 Å². The van der Waals surface area contributed by atoms with Gasteiger partial charge in [-0.1, -0.05) is 70.4 Å². The van der Waals surface area contributed by atoms with Gasteiger partial charge in [0.1, 0.15) is 31.0 Å². The van der Waals surface area contributed by atoms with E-state index in [9.17, 15) is 25.2 Å². The Morgan fingerprint density at radius 2 is 1.69 bits per heavy atom. The maximum Gasteiger partial charge on any atom is 0.338 e. The van der Waals surface area contributed by atoms with E-state index in [-0.39, 0.29) is 49.8 Å². The smallest absolute Gasteiger partial charge is 0.338 e. The van der Waals surface area contributed by atoms with E-state index in [1.807, 2.05) is 31.2 Å². The van der Waals surface area contributed by atoms with Crippen LogP contribution in [0.4, 0.5) is 0 Å². The normalized spacial score (nSPS) is 40.0. The molecule has 7 heterocycles. The molecule has 0 radical (unpaired) electrons. The third-order valence-corrected chi connectivity index (χ3v) is 15.6. The fraction of sp³-hybridized carbons (Fsp3) is 0.759. The summed E-state index contributed by atoms with van der Waals surface area (Å²) in [6, 6.07) is 0. The summed E-state index contributed by atoms with van der Waals surface area (Å²) < 4.78 is 51.2. The van der Waals surface area contributed by atoms with Gasteiger partial charge >= 0.3 is 5.97 Å². The van der Waals surface area contributed by atoms with Gasteiger partial charge in [-0.15, -0.1) is 0 Å². The molecule has 0 saturated carbocycles. The molecular weight excluding hydrogens is 873 g/mol. The van der Waals surface area contributed by atoms with Crippen molar-refractivity contribution in [3.8, 4) is 0 Å². The summed E-state index contributed by atoms with van der Waals surface area (Å²) in [5, 5.41) is 54.9. The highest BCUT2D eigenvalue weighted by atomic mass is 16.7. The Balaban J connectivity index is 0.884. The van der Waals surface area contributed by atoms with Crippen LogP contribution in [-0.2, 0) is 42.7 Å². The summed E-state index contributed by atoms with van der Waals surface area (Å²) in [6.07, 6.45) is 14.1. The van der Waals surface area contributed by atoms with Crippen LogP contribution in [0.5, 0.6) is 0 Å². The molecule has 6 fully saturated rings. The summed E-state index contributed by atoms with van der Waals surface area (Å²) in [7, 11) is 0. The number of fused-ring (bicyclic) bond motifs is 1. The van der Waals surface area contributed by atoms with E-state index >= 15 is 0 Å². The molecule has 7 aliphatic rings. The van der Waals surface area contributed by atoms with Crippen molar-refractivity contribution in [2.75, 3.05) is 19.8 Å². The zero-order valence-electron chi connectivity index (χ0n) is 41.4. The first-order valence-electron chi connectivity index (χ1n) is 25.5. The lowest BCUT2D eigenvalue weighted by atomic mass is 9.79. The van der Waals surface area contributed by atoms with E-state index in [0.29, 0.717) is 80.4 Å². The Morgan fingerprint density at radius 3 is 2.43 bits per heavy atom. The molecule has 0 bridgehead atoms. The zero-order valence-corrected chi connectivity index (χ0v) is 41.4. The van der Waals surface area contributed by atoms with Crippen LogP contribution in [0.3, 0.4) is 0 Å². The minimum atomic E-state index is -1.86. The third kappa shape index (κ3) is 12.5. The second-order valence-corrected chi connectivity index (χ2v) is 21.7. The molecule has 14 nitrogen and oxygen atoms in total. The van der Waals surface area contributed by atoms with E-state index in [1.165, 1.54) is 6.92 Å². The predicted octanol–water partition coefficient (Wildman–Crippen LogP) is 7.11. The molecular formula is C54H82O14. The van der Waals surface area contributed by atoms with Crippen LogP contribution in [-0.4, -0.2) is 135 Å². The largest absolute Gasteiger partial charge is 0.459 e. The molecule has 0 amide bonds. The number of hydrogen-bond donors (Lipinski definition) is 5. The van der Waals surface area contributed by atoms with Gasteiger partial charge in [0.25, 0.3) is 0 Å². The monoisotopic (exact) mass is 955 g/mol. The van der Waals surface area contributed by atoms with Crippen LogP contribution in [0.1, 0.15) is 137 Å². The first kappa shape index (κ1) is 53.2. The van der Waals surface area contributed by atoms with Crippen molar-refractivity contribution >= 4 is 5.97 Å². The van der Waals surface area contributed by atoms with Gasteiger partial charge in [-0.2, -0.15) is 0 Å². The van der Waals surface area contributed by atoms with Gasteiger partial charge in [-0.3, -0.25) is 0 Å². The van der Waals surface area contributed by atoms with Crippen molar-refractivity contribution in [1.82, 2.24) is 0 Å². The SMILES string of the molecule is C=C(CO)C/C=C\CC(=C)COC(=O)[C@](C)(O)C[C@@H]1CC[C@@H](O)[C@]2(C=C(C)C[C@@H]([C@H](C)/C=C/[C@H]3CC[C@@]4(CC[C@H]5O[C@H]([C@@H](O)C[C@H](C)[C@H]6O[C@@]7(CCCCO7)CC[C@H]6C)C(=C)[C@@H](O)[C@@H]5O4)O3)O2)O1. The molecule has 382 valence electrons. The lowest BCUT2D eigenvalue weighted by Crippen LogP contribution is -2.60. The number of aliphatic hydroxyl groups is 5. The molecule has 0 aromatic rings. The van der Waals surface area contributed by atoms with Crippen LogP contribution in [0, 0.1) is 17.8 Å². The quantitative estimate of drug-likeness (QED) is 0.0732. The van der Waals surface area contributed by atoms with Gasteiger partial charge < -0.3 is 63.4 Å². The molecule has 7 rings (SSSR count). The molecule has 7 aliphatic heterocycles. The molecule has 6 saturated heterocycles. The van der Waals surface area contributed by atoms with Crippen LogP contribution >= 0.6 is 0 Å². The van der Waals surface area contributed by atoms with Crippen molar-refractivity contribution in [2.24, 2.45) is 17.8 Å². The number of hydrogen-bond acceptors (Lipinski definition) is 14. The second kappa shape index (κ2) is 22.5. The van der Waals surface area contributed by atoms with E-state index in [0.717, 1.165) is 50.7 Å². The number of carbonyl (C=O) groups excluding carboxylic acids is 1. The number of aliphatic hydroxyl groups excluding tert-OH is 4. The lowest BCUT2D eigenvalue weighted by molar-refractivity contribution is -0.321. The highest BCUT2D eigenvalue weighted by molar-refractivity contribution is 5.78. The Kier molecular flexibility index (Phi) is 17.6. The standard InChI is InChI=1S/C54H82O14/c1-33(31-55)13-9-10-14-34(2)32-61-50(59)51(8,60)30-41-17-18-45(57)54(65-41)29-35(3)27-44(66-54)36(4)15-16-40-20-24-53(64-40)25-21-43-49(68-53)46(58)39(7)48(63-43)42(56)28-38(6)47-37(5)19-23-52(67-47)22-11-12-26-62-52/h9-10,15-16,29,36-38,40-49,55-58,60H,1-2,7,11-14,17-28,30-32H2,3-6,8H3/b10-9-,16-15+/t36-,37-,38+,40+,41+,42+,43-,44+,45-,46-,47+,48+,49-,51-,52+,53-,54-/m1/s1. The van der Waals surface area contributed by atoms with E-state index < -0.39 is 71.7 Å². The molecule has 3 spiro atoms. The zero-order chi connectivity index (χ0) is 49.0. The van der Waals surface area contributed by atoms with Crippen LogP contribution in [0.25, 0.3) is 0 Å². The van der Waals surface area contributed by atoms with Crippen molar-refractivity contribution in [1.29, 1.82) is 0 Å². The number of carbonyl (C=O) groups is 1. The van der Waals surface area contributed by atoms with E-state index in [2.05, 4.69) is 46.6 Å². The summed E-state index contributed by atoms with van der Waals surface area (Å²) in [5.41, 5.74) is 0.901. The van der Waals surface area contributed by atoms with Gasteiger partial charge in [0.05, 0.1) is 49.8 Å². The minimum absolute atomic E-state index is 0.0428. The van der Waals surface area contributed by atoms with Crippen LogP contribution in [0.15, 0.2) is 72.4 Å². The molecule has 0 aliphatic carbocycles. The van der Waals surface area contributed by atoms with Crippen LogP contribution in [0.2, 0.25) is 0 Å². The minimum Gasteiger partial charge on any atom is -0.459 e. The molecule has 0 aromatic heterocycles. The Morgan fingerprint density at radius 1 is 0.956 bits per heavy atom. The first-order valence-corrected chi connectivity index (χ1v) is 25.5. The average Bonchev–Trinajstić information content (AvgIpc) is 3.70. The molecule has 5 N–H and O–H groups in total. The highest BCUT2D eigenvalue weighted by Crippen LogP contribution is 2.47. The molecule has 0 aromatic carbocycles. The number of esters is 1. The fourth-order valence-corrected chi connectivity index (χ4v) is 11.5.